The molecule has 4 aromatic rings. The van der Waals surface area contributed by atoms with Crippen molar-refractivity contribution in [1.29, 1.82) is 0 Å². The molecule has 3 aromatic heterocycles. The molecule has 63 heavy (non-hydrogen) atoms. The van der Waals surface area contributed by atoms with Crippen LogP contribution in [0.5, 0.6) is 0 Å². The average Bonchev–Trinajstić information content (AvgIpc) is 3.80. The molecular formula is C45H55FN10O6S. The van der Waals surface area contributed by atoms with Gasteiger partial charge in [0.2, 0.25) is 17.8 Å². The van der Waals surface area contributed by atoms with Crippen molar-refractivity contribution in [2.75, 3.05) is 18.4 Å². The van der Waals surface area contributed by atoms with Crippen molar-refractivity contribution < 1.29 is 33.1 Å². The first kappa shape index (κ1) is 43.7. The van der Waals surface area contributed by atoms with Gasteiger partial charge in [0.25, 0.3) is 5.91 Å². The molecule has 2 aliphatic heterocycles. The molecule has 1 unspecified atom stereocenters. The minimum Gasteiger partial charge on any atom is -0.445 e. The van der Waals surface area contributed by atoms with Crippen LogP contribution in [-0.2, 0) is 47.5 Å². The topological polar surface area (TPSA) is 193 Å². The number of aromatic nitrogens is 4. The number of anilines is 1. The van der Waals surface area contributed by atoms with Gasteiger partial charge in [-0.1, -0.05) is 43.2 Å². The van der Waals surface area contributed by atoms with E-state index >= 15 is 4.39 Å². The molecule has 1 aromatic carbocycles. The summed E-state index contributed by atoms with van der Waals surface area (Å²) in [5.74, 6) is -0.459. The molecule has 2 aliphatic carbocycles. The van der Waals surface area contributed by atoms with Crippen LogP contribution in [-0.4, -0.2) is 90.6 Å². The number of amides is 6. The number of imide groups is 1. The Morgan fingerprint density at radius 1 is 0.984 bits per heavy atom. The van der Waals surface area contributed by atoms with E-state index < -0.39 is 17.8 Å². The van der Waals surface area contributed by atoms with E-state index in [9.17, 15) is 24.0 Å². The summed E-state index contributed by atoms with van der Waals surface area (Å²) in [6.45, 7) is 1.83. The summed E-state index contributed by atoms with van der Waals surface area (Å²) in [7, 11) is 1.88. The van der Waals surface area contributed by atoms with Crippen molar-refractivity contribution in [1.82, 2.24) is 45.5 Å². The van der Waals surface area contributed by atoms with Crippen LogP contribution in [0.25, 0.3) is 11.3 Å². The van der Waals surface area contributed by atoms with Crippen molar-refractivity contribution in [2.24, 2.45) is 13.0 Å². The number of carbonyl (C=O) groups is 5. The van der Waals surface area contributed by atoms with Crippen molar-refractivity contribution >= 4 is 47.1 Å². The van der Waals surface area contributed by atoms with E-state index in [1.807, 2.05) is 53.0 Å². The summed E-state index contributed by atoms with van der Waals surface area (Å²) in [5.41, 5.74) is 3.70. The number of fused-ring (bicyclic) bond motifs is 1. The van der Waals surface area contributed by atoms with E-state index in [1.165, 1.54) is 35.3 Å². The Morgan fingerprint density at radius 2 is 1.78 bits per heavy atom. The van der Waals surface area contributed by atoms with Gasteiger partial charge < -0.3 is 30.5 Å². The van der Waals surface area contributed by atoms with E-state index in [4.69, 9.17) is 4.74 Å². The number of urea groups is 1. The zero-order chi connectivity index (χ0) is 43.9. The highest BCUT2D eigenvalue weighted by Gasteiger charge is 2.40. The zero-order valence-electron chi connectivity index (χ0n) is 35.6. The van der Waals surface area contributed by atoms with Gasteiger partial charge in [-0.15, -0.1) is 11.3 Å². The maximum atomic E-state index is 15.1. The fraction of sp³-hybridized carbons (Fsp3) is 0.511. The highest BCUT2D eigenvalue weighted by Crippen LogP contribution is 2.37. The SMILES string of the molecule is Cn1ncc(-c2nc(NC3CCC(N(CCCCCCNC(=O)NCc4cc5c(s4)C(=O)N(C4CCC(=O)NC4=O)C5)C(=O)OCc4ccccc4)CC3)ncc2F)c1CC1CC1. The Balaban J connectivity index is 0.765. The molecule has 5 heterocycles. The van der Waals surface area contributed by atoms with Gasteiger partial charge in [-0.3, -0.25) is 24.4 Å². The lowest BCUT2D eigenvalue weighted by atomic mass is 9.90. The second-order valence-corrected chi connectivity index (χ2v) is 18.2. The first-order chi connectivity index (χ1) is 30.6. The molecule has 16 nitrogen and oxygen atoms in total. The second-order valence-electron chi connectivity index (χ2n) is 17.0. The van der Waals surface area contributed by atoms with Crippen molar-refractivity contribution in [3.05, 3.63) is 81.2 Å². The average molecular weight is 883 g/mol. The summed E-state index contributed by atoms with van der Waals surface area (Å²) in [5, 5.41) is 15.9. The molecule has 1 saturated heterocycles. The number of unbranched alkanes of at least 4 members (excludes halogenated alkanes) is 3. The number of nitrogens with zero attached hydrogens (tertiary/aromatic N) is 6. The number of aryl methyl sites for hydroxylation is 1. The lowest BCUT2D eigenvalue weighted by Crippen LogP contribution is -2.52. The number of rotatable bonds is 18. The molecule has 0 bridgehead atoms. The van der Waals surface area contributed by atoms with Gasteiger partial charge in [-0.05, 0) is 87.3 Å². The third kappa shape index (κ3) is 11.0. The molecule has 18 heteroatoms. The number of benzene rings is 1. The van der Waals surface area contributed by atoms with Gasteiger partial charge in [0.05, 0.1) is 23.8 Å². The number of thiophene rings is 1. The van der Waals surface area contributed by atoms with Crippen LogP contribution in [0, 0.1) is 11.7 Å². The van der Waals surface area contributed by atoms with Crippen molar-refractivity contribution in [2.45, 2.75) is 121 Å². The summed E-state index contributed by atoms with van der Waals surface area (Å²) in [4.78, 5) is 76.7. The summed E-state index contributed by atoms with van der Waals surface area (Å²) in [6.07, 6.45) is 12.7. The maximum Gasteiger partial charge on any atom is 0.410 e. The van der Waals surface area contributed by atoms with Crippen LogP contribution < -0.4 is 21.3 Å². The fourth-order valence-electron chi connectivity index (χ4n) is 8.74. The Kier molecular flexibility index (Phi) is 13.9. The molecule has 6 amide bonds. The normalized spacial score (nSPS) is 19.7. The van der Waals surface area contributed by atoms with Crippen LogP contribution in [0.4, 0.5) is 19.9 Å². The standard InChI is InChI=1S/C45H55FN10O6S/c1-54-37(21-28-11-12-28)34(24-50-54)39-35(46)25-48-43(53-39)51-31-13-15-32(16-14-31)55(45(61)62-27-29-9-5-4-6-10-29)20-8-3-2-7-19-47-44(60)49-23-33-22-30-26-56(42(59)40(30)63-33)36-17-18-38(57)52-41(36)58/h4-6,9-10,22,24-25,28,31-32,36H,2-3,7-8,11-21,23,26-27H2,1H3,(H2,47,49,60)(H,48,51,53)(H,52,57,58). The molecule has 4 aliphatic rings. The predicted molar refractivity (Wildman–Crippen MR) is 233 cm³/mol. The van der Waals surface area contributed by atoms with Crippen molar-refractivity contribution in [3.8, 4) is 11.3 Å². The van der Waals surface area contributed by atoms with Crippen molar-refractivity contribution in [3.63, 3.8) is 0 Å². The van der Waals surface area contributed by atoms with Crippen LogP contribution >= 0.6 is 11.3 Å². The highest BCUT2D eigenvalue weighted by molar-refractivity contribution is 7.14. The second kappa shape index (κ2) is 20.1. The Hall–Kier alpha value is -5.91. The largest absolute Gasteiger partial charge is 0.445 e. The number of halogens is 1. The first-order valence-corrected chi connectivity index (χ1v) is 23.0. The van der Waals surface area contributed by atoms with Gasteiger partial charge in [-0.25, -0.2) is 23.9 Å². The quantitative estimate of drug-likeness (QED) is 0.0660. The monoisotopic (exact) mass is 882 g/mol. The van der Waals surface area contributed by atoms with Gasteiger partial charge in [0.1, 0.15) is 18.3 Å². The molecule has 8 rings (SSSR count). The molecule has 334 valence electrons. The lowest BCUT2D eigenvalue weighted by molar-refractivity contribution is -0.136. The Labute approximate surface area is 369 Å². The fourth-order valence-corrected chi connectivity index (χ4v) is 9.81. The summed E-state index contributed by atoms with van der Waals surface area (Å²) in [6, 6.07) is 10.7. The van der Waals surface area contributed by atoms with E-state index in [-0.39, 0.29) is 61.3 Å². The summed E-state index contributed by atoms with van der Waals surface area (Å²) < 4.78 is 22.7. The zero-order valence-corrected chi connectivity index (χ0v) is 36.4. The van der Waals surface area contributed by atoms with Crippen LogP contribution in [0.15, 0.2) is 48.8 Å². The maximum absolute atomic E-state index is 15.1. The highest BCUT2D eigenvalue weighted by atomic mass is 32.1. The number of piperidine rings is 1. The molecule has 2 saturated carbocycles. The van der Waals surface area contributed by atoms with E-state index in [1.54, 1.807) is 6.20 Å². The summed E-state index contributed by atoms with van der Waals surface area (Å²) >= 11 is 1.31. The minimum atomic E-state index is -0.651. The van der Waals surface area contributed by atoms with Crippen LogP contribution in [0.3, 0.4) is 0 Å². The van der Waals surface area contributed by atoms with Gasteiger partial charge >= 0.3 is 12.1 Å². The Morgan fingerprint density at radius 3 is 2.54 bits per heavy atom. The molecule has 0 radical (unpaired) electrons. The van der Waals surface area contributed by atoms with Crippen LogP contribution in [0.1, 0.15) is 108 Å². The minimum absolute atomic E-state index is 0.00803. The smallest absolute Gasteiger partial charge is 0.410 e. The van der Waals surface area contributed by atoms with Gasteiger partial charge in [0.15, 0.2) is 5.82 Å². The van der Waals surface area contributed by atoms with Gasteiger partial charge in [-0.2, -0.15) is 5.10 Å². The lowest BCUT2D eigenvalue weighted by Gasteiger charge is -2.36. The van der Waals surface area contributed by atoms with Crippen LogP contribution in [0.2, 0.25) is 0 Å². The third-order valence-corrected chi connectivity index (χ3v) is 13.6. The number of nitrogens with one attached hydrogen (secondary N) is 4. The molecule has 0 spiro atoms. The molecule has 4 N–H and O–H groups in total. The predicted octanol–water partition coefficient (Wildman–Crippen LogP) is 6.21. The Bertz CT molecular complexity index is 2290. The van der Waals surface area contributed by atoms with E-state index in [2.05, 4.69) is 36.3 Å². The number of hydrogen-bond acceptors (Lipinski definition) is 11. The molecule has 3 fully saturated rings. The number of hydrogen-bond donors (Lipinski definition) is 4. The third-order valence-electron chi connectivity index (χ3n) is 12.4. The molecule has 1 atom stereocenters. The molecular weight excluding hydrogens is 828 g/mol. The number of ether oxygens (including phenoxy) is 1. The first-order valence-electron chi connectivity index (χ1n) is 22.1. The van der Waals surface area contributed by atoms with E-state index in [0.717, 1.165) is 79.5 Å². The van der Waals surface area contributed by atoms with Gasteiger partial charge in [0, 0.05) is 61.3 Å². The number of carbonyl (C=O) groups excluding carboxylic acids is 5. The van der Waals surface area contributed by atoms with E-state index in [0.29, 0.717) is 48.4 Å².